The maximum atomic E-state index is 11.4. The third-order valence-corrected chi connectivity index (χ3v) is 2.64. The zero-order valence-electron chi connectivity index (χ0n) is 10.8. The van der Waals surface area contributed by atoms with Gasteiger partial charge in [-0.3, -0.25) is 4.68 Å². The summed E-state index contributed by atoms with van der Waals surface area (Å²) in [6, 6.07) is 1.73. The smallest absolute Gasteiger partial charge is 0.314 e. The van der Waals surface area contributed by atoms with E-state index in [1.807, 2.05) is 23.9 Å². The Morgan fingerprint density at radius 1 is 1.50 bits per heavy atom. The molecule has 0 aromatic carbocycles. The van der Waals surface area contributed by atoms with Crippen molar-refractivity contribution in [3.63, 3.8) is 0 Å². The van der Waals surface area contributed by atoms with Crippen LogP contribution in [-0.4, -0.2) is 40.6 Å². The summed E-state index contributed by atoms with van der Waals surface area (Å²) in [4.78, 5) is 11.4. The molecule has 6 nitrogen and oxygen atoms in total. The Kier molecular flexibility index (Phi) is 6.86. The van der Waals surface area contributed by atoms with Crippen molar-refractivity contribution in [1.82, 2.24) is 20.4 Å². The van der Waals surface area contributed by atoms with Crippen LogP contribution in [0.1, 0.15) is 19.8 Å². The van der Waals surface area contributed by atoms with Crippen molar-refractivity contribution in [2.24, 2.45) is 5.92 Å². The number of aliphatic hydroxyl groups excluding tert-OH is 1. The minimum Gasteiger partial charge on any atom is -0.396 e. The van der Waals surface area contributed by atoms with Crippen molar-refractivity contribution in [3.8, 4) is 0 Å². The molecule has 102 valence electrons. The van der Waals surface area contributed by atoms with Crippen molar-refractivity contribution < 1.29 is 9.90 Å². The summed E-state index contributed by atoms with van der Waals surface area (Å²) in [6.07, 6.45) is 5.19. The average Bonchev–Trinajstić information content (AvgIpc) is 2.85. The van der Waals surface area contributed by atoms with Crippen LogP contribution < -0.4 is 10.6 Å². The number of aliphatic hydroxyl groups is 1. The van der Waals surface area contributed by atoms with Gasteiger partial charge >= 0.3 is 6.03 Å². The summed E-state index contributed by atoms with van der Waals surface area (Å²) in [5.41, 5.74) is 0. The molecule has 0 aliphatic carbocycles. The van der Waals surface area contributed by atoms with Gasteiger partial charge in [0.2, 0.25) is 0 Å². The van der Waals surface area contributed by atoms with Gasteiger partial charge in [0, 0.05) is 38.6 Å². The molecule has 3 N–H and O–H groups in total. The van der Waals surface area contributed by atoms with Gasteiger partial charge in [-0.05, 0) is 24.8 Å². The molecule has 1 aromatic heterocycles. The van der Waals surface area contributed by atoms with Crippen LogP contribution >= 0.6 is 0 Å². The second kappa shape index (κ2) is 8.52. The maximum absolute atomic E-state index is 11.4. The fourth-order valence-corrected chi connectivity index (χ4v) is 1.53. The third kappa shape index (κ3) is 6.24. The number of urea groups is 1. The summed E-state index contributed by atoms with van der Waals surface area (Å²) >= 11 is 0. The molecule has 1 aromatic rings. The third-order valence-electron chi connectivity index (χ3n) is 2.64. The predicted molar refractivity (Wildman–Crippen MR) is 69.1 cm³/mol. The Hall–Kier alpha value is -1.56. The van der Waals surface area contributed by atoms with Gasteiger partial charge in [-0.25, -0.2) is 4.79 Å². The minimum atomic E-state index is -0.153. The van der Waals surface area contributed by atoms with Crippen LogP contribution in [0.25, 0.3) is 0 Å². The van der Waals surface area contributed by atoms with E-state index < -0.39 is 0 Å². The molecule has 0 bridgehead atoms. The number of hydrogen-bond acceptors (Lipinski definition) is 3. The van der Waals surface area contributed by atoms with E-state index in [2.05, 4.69) is 15.7 Å². The van der Waals surface area contributed by atoms with E-state index >= 15 is 0 Å². The second-order valence-electron chi connectivity index (χ2n) is 4.38. The largest absolute Gasteiger partial charge is 0.396 e. The first-order valence-electron chi connectivity index (χ1n) is 6.32. The Labute approximate surface area is 107 Å². The maximum Gasteiger partial charge on any atom is 0.314 e. The van der Waals surface area contributed by atoms with E-state index in [0.717, 1.165) is 13.0 Å². The second-order valence-corrected chi connectivity index (χ2v) is 4.38. The lowest BCUT2D eigenvalue weighted by Crippen LogP contribution is -2.38. The van der Waals surface area contributed by atoms with Gasteiger partial charge in [0.1, 0.15) is 0 Å². The standard InChI is InChI=1S/C12H22N4O2/c1-11(4-9-17)10-14-12(18)13-5-2-7-16-8-3-6-15-16/h3,6,8,11,17H,2,4-5,7,9-10H2,1H3,(H2,13,14,18). The lowest BCUT2D eigenvalue weighted by Gasteiger charge is -2.12. The Balaban J connectivity index is 1.99. The fraction of sp³-hybridized carbons (Fsp3) is 0.667. The van der Waals surface area contributed by atoms with Gasteiger partial charge < -0.3 is 15.7 Å². The van der Waals surface area contributed by atoms with Crippen LogP contribution in [0.4, 0.5) is 4.79 Å². The van der Waals surface area contributed by atoms with Crippen LogP contribution in [0, 0.1) is 5.92 Å². The van der Waals surface area contributed by atoms with Crippen LogP contribution in [-0.2, 0) is 6.54 Å². The lowest BCUT2D eigenvalue weighted by molar-refractivity contribution is 0.233. The van der Waals surface area contributed by atoms with Gasteiger partial charge in [0.15, 0.2) is 0 Å². The summed E-state index contributed by atoms with van der Waals surface area (Å²) in [5, 5.41) is 18.4. The predicted octanol–water partition coefficient (Wildman–Crippen LogP) is 0.591. The average molecular weight is 254 g/mol. The monoisotopic (exact) mass is 254 g/mol. The van der Waals surface area contributed by atoms with Gasteiger partial charge in [-0.2, -0.15) is 5.10 Å². The molecule has 0 spiro atoms. The molecule has 0 aliphatic heterocycles. The van der Waals surface area contributed by atoms with E-state index in [0.29, 0.717) is 25.4 Å². The summed E-state index contributed by atoms with van der Waals surface area (Å²) < 4.78 is 1.84. The number of nitrogens with one attached hydrogen (secondary N) is 2. The molecule has 1 rings (SSSR count). The molecule has 6 heteroatoms. The highest BCUT2D eigenvalue weighted by molar-refractivity contribution is 5.73. The van der Waals surface area contributed by atoms with E-state index in [-0.39, 0.29) is 12.6 Å². The number of carbonyl (C=O) groups excluding carboxylic acids is 1. The number of hydrogen-bond donors (Lipinski definition) is 3. The normalized spacial score (nSPS) is 12.1. The number of nitrogens with zero attached hydrogens (tertiary/aromatic N) is 2. The van der Waals surface area contributed by atoms with Crippen molar-refractivity contribution in [3.05, 3.63) is 18.5 Å². The first-order valence-corrected chi connectivity index (χ1v) is 6.32. The van der Waals surface area contributed by atoms with Gasteiger partial charge in [-0.15, -0.1) is 0 Å². The Bertz CT molecular complexity index is 327. The molecular formula is C12H22N4O2. The molecule has 0 saturated heterocycles. The Morgan fingerprint density at radius 3 is 3.00 bits per heavy atom. The first-order chi connectivity index (χ1) is 8.72. The minimum absolute atomic E-state index is 0.153. The number of aromatic nitrogens is 2. The molecule has 1 heterocycles. The molecule has 2 amide bonds. The highest BCUT2D eigenvalue weighted by atomic mass is 16.3. The number of amides is 2. The molecular weight excluding hydrogens is 232 g/mol. The van der Waals surface area contributed by atoms with Crippen molar-refractivity contribution in [2.75, 3.05) is 19.7 Å². The highest BCUT2D eigenvalue weighted by Crippen LogP contribution is 1.97. The van der Waals surface area contributed by atoms with Crippen molar-refractivity contribution in [1.29, 1.82) is 0 Å². The molecule has 1 atom stereocenters. The van der Waals surface area contributed by atoms with Gasteiger partial charge in [0.25, 0.3) is 0 Å². The molecule has 0 aliphatic rings. The zero-order chi connectivity index (χ0) is 13.2. The number of carbonyl (C=O) groups is 1. The van der Waals surface area contributed by atoms with Crippen molar-refractivity contribution in [2.45, 2.75) is 26.3 Å². The molecule has 1 unspecified atom stereocenters. The number of rotatable bonds is 8. The Morgan fingerprint density at radius 2 is 2.33 bits per heavy atom. The SMILES string of the molecule is CC(CCO)CNC(=O)NCCCn1cccn1. The zero-order valence-corrected chi connectivity index (χ0v) is 10.8. The van der Waals surface area contributed by atoms with E-state index in [1.54, 1.807) is 6.20 Å². The summed E-state index contributed by atoms with van der Waals surface area (Å²) in [6.45, 7) is 4.17. The molecule has 0 saturated carbocycles. The fourth-order valence-electron chi connectivity index (χ4n) is 1.53. The van der Waals surface area contributed by atoms with Crippen LogP contribution in [0.2, 0.25) is 0 Å². The van der Waals surface area contributed by atoms with Gasteiger partial charge in [-0.1, -0.05) is 6.92 Å². The highest BCUT2D eigenvalue weighted by Gasteiger charge is 2.04. The van der Waals surface area contributed by atoms with Crippen LogP contribution in [0.15, 0.2) is 18.5 Å². The molecule has 18 heavy (non-hydrogen) atoms. The first kappa shape index (κ1) is 14.5. The molecule has 0 radical (unpaired) electrons. The van der Waals surface area contributed by atoms with E-state index in [9.17, 15) is 4.79 Å². The van der Waals surface area contributed by atoms with Crippen molar-refractivity contribution >= 4 is 6.03 Å². The molecule has 0 fully saturated rings. The van der Waals surface area contributed by atoms with E-state index in [1.165, 1.54) is 0 Å². The summed E-state index contributed by atoms with van der Waals surface area (Å²) in [7, 11) is 0. The van der Waals surface area contributed by atoms with Gasteiger partial charge in [0.05, 0.1) is 0 Å². The van der Waals surface area contributed by atoms with Crippen LogP contribution in [0.3, 0.4) is 0 Å². The number of aryl methyl sites for hydroxylation is 1. The lowest BCUT2D eigenvalue weighted by atomic mass is 10.1. The van der Waals surface area contributed by atoms with E-state index in [4.69, 9.17) is 5.11 Å². The quantitative estimate of drug-likeness (QED) is 0.594. The van der Waals surface area contributed by atoms with Crippen LogP contribution in [0.5, 0.6) is 0 Å². The summed E-state index contributed by atoms with van der Waals surface area (Å²) in [5.74, 6) is 0.296. The topological polar surface area (TPSA) is 79.2 Å².